The van der Waals surface area contributed by atoms with Crippen LogP contribution in [0.5, 0.6) is 0 Å². The van der Waals surface area contributed by atoms with Gasteiger partial charge in [0.15, 0.2) is 0 Å². The van der Waals surface area contributed by atoms with Crippen molar-refractivity contribution < 1.29 is 23.1 Å². The minimum atomic E-state index is -4.49. The van der Waals surface area contributed by atoms with Gasteiger partial charge in [-0.1, -0.05) is 25.6 Å². The Morgan fingerprint density at radius 3 is 2.54 bits per heavy atom. The highest BCUT2D eigenvalue weighted by Crippen LogP contribution is 2.33. The number of aliphatic imine (C=N–C) groups is 1. The first-order chi connectivity index (χ1) is 11.9. The van der Waals surface area contributed by atoms with Crippen LogP contribution < -0.4 is 0 Å². The largest absolute Gasteiger partial charge is 0.465 e. The summed E-state index contributed by atoms with van der Waals surface area (Å²) in [5, 5.41) is 9.07. The lowest BCUT2D eigenvalue weighted by molar-refractivity contribution is -0.137. The number of amides is 1. The number of piperidine rings is 1. The number of rotatable bonds is 1. The zero-order valence-electron chi connectivity index (χ0n) is 14.9. The molecule has 1 aromatic carbocycles. The molecule has 140 valence electrons. The molecule has 1 aliphatic heterocycles. The highest BCUT2D eigenvalue weighted by atomic mass is 28.3. The molecule has 0 aromatic heterocycles. The molecule has 0 radical (unpaired) electrons. The van der Waals surface area contributed by atoms with E-state index in [0.29, 0.717) is 25.1 Å². The average Bonchev–Trinajstić information content (AvgIpc) is 2.51. The summed E-state index contributed by atoms with van der Waals surface area (Å²) in [6.07, 6.45) is -4.38. The minimum absolute atomic E-state index is 0.113. The molecule has 0 unspecified atom stereocenters. The van der Waals surface area contributed by atoms with Gasteiger partial charge in [0.25, 0.3) is 0 Å². The Hall–Kier alpha value is -2.27. The van der Waals surface area contributed by atoms with E-state index in [9.17, 15) is 18.0 Å². The topological polar surface area (TPSA) is 52.9 Å². The smallest absolute Gasteiger partial charge is 0.416 e. The summed E-state index contributed by atoms with van der Waals surface area (Å²) in [6.45, 7) is 6.55. The van der Waals surface area contributed by atoms with Gasteiger partial charge in [0.1, 0.15) is 8.07 Å². The van der Waals surface area contributed by atoms with Crippen molar-refractivity contribution in [2.45, 2.75) is 38.7 Å². The first kappa shape index (κ1) is 20.0. The lowest BCUT2D eigenvalue weighted by Crippen LogP contribution is -2.39. The molecule has 8 heteroatoms. The van der Waals surface area contributed by atoms with Crippen molar-refractivity contribution in [3.63, 3.8) is 0 Å². The quantitative estimate of drug-likeness (QED) is 0.561. The van der Waals surface area contributed by atoms with Crippen LogP contribution in [0.2, 0.25) is 19.6 Å². The monoisotopic (exact) mass is 382 g/mol. The number of halogens is 3. The normalized spacial score (nSPS) is 17.0. The summed E-state index contributed by atoms with van der Waals surface area (Å²) in [7, 11) is -1.73. The standard InChI is InChI=1S/C18H21F3N2O2Si/c1-26(2,3)8-6-13-9-14(18(19,20)21)11-16(10-13)22-15-5-4-7-23(12-15)17(24)25/h9-11H,4-5,7,12H2,1-3H3,(H,24,25). The molecule has 0 saturated carbocycles. The molecule has 1 heterocycles. The molecule has 2 rings (SSSR count). The zero-order valence-corrected chi connectivity index (χ0v) is 15.9. The number of likely N-dealkylation sites (tertiary alicyclic amines) is 1. The van der Waals surface area contributed by atoms with Crippen LogP contribution in [0.1, 0.15) is 24.0 Å². The van der Waals surface area contributed by atoms with Crippen LogP contribution in [0.25, 0.3) is 0 Å². The van der Waals surface area contributed by atoms with E-state index in [0.717, 1.165) is 12.1 Å². The van der Waals surface area contributed by atoms with Crippen LogP contribution >= 0.6 is 0 Å². The Kier molecular flexibility index (Phi) is 5.81. The molecule has 0 spiro atoms. The maximum absolute atomic E-state index is 13.2. The summed E-state index contributed by atoms with van der Waals surface area (Å²) in [4.78, 5) is 16.6. The molecular formula is C18H21F3N2O2Si. The van der Waals surface area contributed by atoms with E-state index in [2.05, 4.69) is 16.5 Å². The first-order valence-electron chi connectivity index (χ1n) is 8.24. The maximum Gasteiger partial charge on any atom is 0.416 e. The van der Waals surface area contributed by atoms with Crippen molar-refractivity contribution >= 4 is 25.6 Å². The predicted octanol–water partition coefficient (Wildman–Crippen LogP) is 4.78. The molecule has 4 nitrogen and oxygen atoms in total. The average molecular weight is 382 g/mol. The van der Waals surface area contributed by atoms with Gasteiger partial charge in [0, 0.05) is 17.8 Å². The Morgan fingerprint density at radius 1 is 1.27 bits per heavy atom. The van der Waals surface area contributed by atoms with Gasteiger partial charge in [-0.15, -0.1) is 5.54 Å². The summed E-state index contributed by atoms with van der Waals surface area (Å²) in [5.74, 6) is 2.84. The van der Waals surface area contributed by atoms with Gasteiger partial charge < -0.3 is 10.0 Å². The second-order valence-electron chi connectivity index (χ2n) is 7.25. The summed E-state index contributed by atoms with van der Waals surface area (Å²) in [6, 6.07) is 3.53. The molecule has 26 heavy (non-hydrogen) atoms. The van der Waals surface area contributed by atoms with Crippen LogP contribution in [-0.4, -0.2) is 43.0 Å². The van der Waals surface area contributed by atoms with E-state index in [4.69, 9.17) is 5.11 Å². The Labute approximate surface area is 151 Å². The first-order valence-corrected chi connectivity index (χ1v) is 11.7. The third kappa shape index (κ3) is 5.91. The van der Waals surface area contributed by atoms with Gasteiger partial charge in [-0.05, 0) is 31.0 Å². The molecule has 0 bridgehead atoms. The number of alkyl halides is 3. The molecule has 1 aromatic rings. The second kappa shape index (κ2) is 7.54. The fourth-order valence-electron chi connectivity index (χ4n) is 2.46. The molecule has 1 amide bonds. The van der Waals surface area contributed by atoms with E-state index >= 15 is 0 Å². The van der Waals surface area contributed by atoms with Crippen molar-refractivity contribution in [3.05, 3.63) is 29.3 Å². The lowest BCUT2D eigenvalue weighted by atomic mass is 10.1. The third-order valence-electron chi connectivity index (χ3n) is 3.65. The molecule has 1 saturated heterocycles. The highest BCUT2D eigenvalue weighted by Gasteiger charge is 2.31. The lowest BCUT2D eigenvalue weighted by Gasteiger charge is -2.25. The number of hydrogen-bond acceptors (Lipinski definition) is 2. The van der Waals surface area contributed by atoms with Crippen LogP contribution in [0.4, 0.5) is 23.7 Å². The Bertz CT molecular complexity index is 786. The van der Waals surface area contributed by atoms with Crippen LogP contribution in [0, 0.1) is 11.5 Å². The minimum Gasteiger partial charge on any atom is -0.465 e. The maximum atomic E-state index is 13.2. The summed E-state index contributed by atoms with van der Waals surface area (Å²) < 4.78 is 39.6. The molecule has 1 fully saturated rings. The highest BCUT2D eigenvalue weighted by molar-refractivity contribution is 6.83. The fourth-order valence-corrected chi connectivity index (χ4v) is 2.98. The van der Waals surface area contributed by atoms with E-state index in [1.54, 1.807) is 0 Å². The summed E-state index contributed by atoms with van der Waals surface area (Å²) >= 11 is 0. The number of nitrogens with zero attached hydrogens (tertiary/aromatic N) is 2. The number of carboxylic acid groups (broad SMARTS) is 1. The van der Waals surface area contributed by atoms with Gasteiger partial charge in [0.05, 0.1) is 17.8 Å². The summed E-state index contributed by atoms with van der Waals surface area (Å²) in [5.41, 5.74) is 3.24. The Balaban J connectivity index is 2.42. The third-order valence-corrected chi connectivity index (χ3v) is 4.53. The molecule has 0 atom stereocenters. The molecular weight excluding hydrogens is 361 g/mol. The van der Waals surface area contributed by atoms with Crippen LogP contribution in [0.3, 0.4) is 0 Å². The van der Waals surface area contributed by atoms with Crippen LogP contribution in [-0.2, 0) is 6.18 Å². The molecule has 1 N–H and O–H groups in total. The van der Waals surface area contributed by atoms with E-state index in [1.165, 1.54) is 11.0 Å². The number of carbonyl (C=O) groups is 1. The van der Waals surface area contributed by atoms with E-state index < -0.39 is 25.9 Å². The van der Waals surface area contributed by atoms with Crippen molar-refractivity contribution in [2.75, 3.05) is 13.1 Å². The van der Waals surface area contributed by atoms with Gasteiger partial charge in [-0.25, -0.2) is 4.79 Å². The van der Waals surface area contributed by atoms with Crippen molar-refractivity contribution in [1.29, 1.82) is 0 Å². The van der Waals surface area contributed by atoms with Crippen molar-refractivity contribution in [2.24, 2.45) is 4.99 Å². The van der Waals surface area contributed by atoms with Crippen molar-refractivity contribution in [1.82, 2.24) is 4.90 Å². The SMILES string of the molecule is C[Si](C)(C)C#Cc1cc(N=C2CCCN(C(=O)O)C2)cc(C(F)(F)F)c1. The molecule has 0 aliphatic carbocycles. The number of hydrogen-bond donors (Lipinski definition) is 1. The van der Waals surface area contributed by atoms with E-state index in [1.807, 2.05) is 19.6 Å². The zero-order chi connectivity index (χ0) is 19.5. The number of benzene rings is 1. The van der Waals surface area contributed by atoms with Gasteiger partial charge >= 0.3 is 12.3 Å². The Morgan fingerprint density at radius 2 is 1.96 bits per heavy atom. The van der Waals surface area contributed by atoms with Gasteiger partial charge in [0.2, 0.25) is 0 Å². The van der Waals surface area contributed by atoms with Gasteiger partial charge in [-0.3, -0.25) is 4.99 Å². The van der Waals surface area contributed by atoms with Gasteiger partial charge in [-0.2, -0.15) is 13.2 Å². The van der Waals surface area contributed by atoms with Crippen LogP contribution in [0.15, 0.2) is 23.2 Å². The second-order valence-corrected chi connectivity index (χ2v) is 12.0. The predicted molar refractivity (Wildman–Crippen MR) is 97.6 cm³/mol. The van der Waals surface area contributed by atoms with E-state index in [-0.39, 0.29) is 17.8 Å². The van der Waals surface area contributed by atoms with Crippen molar-refractivity contribution in [3.8, 4) is 11.5 Å². The molecule has 1 aliphatic rings. The fraction of sp³-hybridized carbons (Fsp3) is 0.444.